The lowest BCUT2D eigenvalue weighted by Gasteiger charge is -2.16. The maximum Gasteiger partial charge on any atom is 0.187 e. The number of Topliss-reactive ketones (excluding diaryl/α,β-unsaturated/α-hetero) is 1. The molecule has 106 valence electrons. The summed E-state index contributed by atoms with van der Waals surface area (Å²) in [6.45, 7) is 4.44. The van der Waals surface area contributed by atoms with Gasteiger partial charge in [0.1, 0.15) is 5.69 Å². The van der Waals surface area contributed by atoms with Gasteiger partial charge in [-0.3, -0.25) is 9.48 Å². The Morgan fingerprint density at radius 1 is 1.63 bits per heavy atom. The number of likely N-dealkylation sites (N-methyl/N-ethyl adjacent to an activating group) is 1. The average molecular weight is 285 g/mol. The first kappa shape index (κ1) is 14.5. The second kappa shape index (κ2) is 6.03. The van der Waals surface area contributed by atoms with Crippen LogP contribution in [0.15, 0.2) is 6.20 Å². The molecule has 2 rings (SSSR count). The van der Waals surface area contributed by atoms with Crippen LogP contribution >= 0.6 is 11.6 Å². The highest BCUT2D eigenvalue weighted by atomic mass is 35.5. The van der Waals surface area contributed by atoms with E-state index in [1.54, 1.807) is 10.9 Å². The van der Waals surface area contributed by atoms with Crippen molar-refractivity contribution in [2.45, 2.75) is 25.9 Å². The standard InChI is InChI=1S/C13H21ClN4O/c1-9-10(4-5-15-9)13(19)12-11(14)8-16-18(12)7-6-17(2)3/h8-10,15H,4-7H2,1-3H3. The van der Waals surface area contributed by atoms with Crippen LogP contribution in [0.2, 0.25) is 5.02 Å². The molecule has 6 heteroatoms. The van der Waals surface area contributed by atoms with Gasteiger partial charge >= 0.3 is 0 Å². The second-order valence-electron chi connectivity index (χ2n) is 5.37. The number of carbonyl (C=O) groups is 1. The van der Waals surface area contributed by atoms with Crippen LogP contribution in [0.5, 0.6) is 0 Å². The van der Waals surface area contributed by atoms with E-state index in [9.17, 15) is 4.79 Å². The van der Waals surface area contributed by atoms with Crippen LogP contribution in [0, 0.1) is 5.92 Å². The number of rotatable bonds is 5. The van der Waals surface area contributed by atoms with Gasteiger partial charge in [-0.25, -0.2) is 0 Å². The fourth-order valence-corrected chi connectivity index (χ4v) is 2.70. The van der Waals surface area contributed by atoms with E-state index in [1.807, 2.05) is 21.0 Å². The zero-order chi connectivity index (χ0) is 14.0. The SMILES string of the molecule is CC1NCCC1C(=O)c1c(Cl)cnn1CCN(C)C. The number of ketones is 1. The van der Waals surface area contributed by atoms with E-state index >= 15 is 0 Å². The smallest absolute Gasteiger partial charge is 0.187 e. The Balaban J connectivity index is 2.18. The van der Waals surface area contributed by atoms with Crippen molar-refractivity contribution in [2.24, 2.45) is 5.92 Å². The van der Waals surface area contributed by atoms with Crippen LogP contribution in [0.1, 0.15) is 23.8 Å². The molecule has 1 saturated heterocycles. The molecule has 0 aromatic carbocycles. The Hall–Kier alpha value is -0.910. The van der Waals surface area contributed by atoms with Gasteiger partial charge in [-0.1, -0.05) is 11.6 Å². The van der Waals surface area contributed by atoms with Crippen LogP contribution < -0.4 is 5.32 Å². The normalized spacial score (nSPS) is 23.2. The van der Waals surface area contributed by atoms with Crippen molar-refractivity contribution in [3.8, 4) is 0 Å². The molecular weight excluding hydrogens is 264 g/mol. The molecule has 0 bridgehead atoms. The van der Waals surface area contributed by atoms with Crippen LogP contribution in [-0.4, -0.2) is 53.7 Å². The highest BCUT2D eigenvalue weighted by Crippen LogP contribution is 2.25. The minimum Gasteiger partial charge on any atom is -0.313 e. The molecule has 19 heavy (non-hydrogen) atoms. The minimum absolute atomic E-state index is 0.00676. The maximum atomic E-state index is 12.6. The monoisotopic (exact) mass is 284 g/mol. The van der Waals surface area contributed by atoms with E-state index in [0.717, 1.165) is 19.5 Å². The van der Waals surface area contributed by atoms with Gasteiger partial charge < -0.3 is 10.2 Å². The number of hydrogen-bond acceptors (Lipinski definition) is 4. The van der Waals surface area contributed by atoms with Crippen LogP contribution in [0.4, 0.5) is 0 Å². The predicted octanol–water partition coefficient (Wildman–Crippen LogP) is 1.28. The zero-order valence-electron chi connectivity index (χ0n) is 11.7. The number of aromatic nitrogens is 2. The van der Waals surface area contributed by atoms with Gasteiger partial charge in [0.15, 0.2) is 5.78 Å². The molecule has 0 amide bonds. The largest absolute Gasteiger partial charge is 0.313 e. The number of halogens is 1. The molecule has 1 N–H and O–H groups in total. The molecule has 1 aromatic heterocycles. The lowest BCUT2D eigenvalue weighted by Crippen LogP contribution is -2.30. The second-order valence-corrected chi connectivity index (χ2v) is 5.78. The van der Waals surface area contributed by atoms with Crippen molar-refractivity contribution >= 4 is 17.4 Å². The predicted molar refractivity (Wildman–Crippen MR) is 75.7 cm³/mol. The molecule has 1 aromatic rings. The van der Waals surface area contributed by atoms with Crippen molar-refractivity contribution < 1.29 is 4.79 Å². The molecule has 2 heterocycles. The number of nitrogens with zero attached hydrogens (tertiary/aromatic N) is 3. The number of nitrogens with one attached hydrogen (secondary N) is 1. The van der Waals surface area contributed by atoms with E-state index in [0.29, 0.717) is 17.3 Å². The van der Waals surface area contributed by atoms with Gasteiger partial charge in [-0.2, -0.15) is 5.10 Å². The van der Waals surface area contributed by atoms with Crippen molar-refractivity contribution in [1.29, 1.82) is 0 Å². The summed E-state index contributed by atoms with van der Waals surface area (Å²) >= 11 is 6.14. The fraction of sp³-hybridized carbons (Fsp3) is 0.692. The Morgan fingerprint density at radius 3 is 2.95 bits per heavy atom. The van der Waals surface area contributed by atoms with Gasteiger partial charge in [-0.15, -0.1) is 0 Å². The van der Waals surface area contributed by atoms with E-state index < -0.39 is 0 Å². The quantitative estimate of drug-likeness (QED) is 0.828. The molecule has 5 nitrogen and oxygen atoms in total. The van der Waals surface area contributed by atoms with Crippen molar-refractivity contribution in [2.75, 3.05) is 27.2 Å². The molecule has 0 aliphatic carbocycles. The first-order chi connectivity index (χ1) is 9.00. The Kier molecular flexibility index (Phi) is 4.60. The van der Waals surface area contributed by atoms with E-state index in [4.69, 9.17) is 11.6 Å². The molecule has 0 radical (unpaired) electrons. The molecule has 1 aliphatic heterocycles. The van der Waals surface area contributed by atoms with Crippen molar-refractivity contribution in [3.05, 3.63) is 16.9 Å². The number of carbonyl (C=O) groups excluding carboxylic acids is 1. The first-order valence-electron chi connectivity index (χ1n) is 6.64. The summed E-state index contributed by atoms with van der Waals surface area (Å²) in [6.07, 6.45) is 2.44. The number of hydrogen-bond donors (Lipinski definition) is 1. The van der Waals surface area contributed by atoms with Crippen molar-refractivity contribution in [3.63, 3.8) is 0 Å². The van der Waals surface area contributed by atoms with Crippen LogP contribution in [0.25, 0.3) is 0 Å². The molecule has 0 saturated carbocycles. The van der Waals surface area contributed by atoms with Crippen molar-refractivity contribution in [1.82, 2.24) is 20.0 Å². The topological polar surface area (TPSA) is 50.2 Å². The fourth-order valence-electron chi connectivity index (χ4n) is 2.46. The van der Waals surface area contributed by atoms with E-state index in [-0.39, 0.29) is 17.7 Å². The van der Waals surface area contributed by atoms with Gasteiger partial charge in [0, 0.05) is 18.5 Å². The highest BCUT2D eigenvalue weighted by molar-refractivity contribution is 6.33. The van der Waals surface area contributed by atoms with Crippen LogP contribution in [0.3, 0.4) is 0 Å². The first-order valence-corrected chi connectivity index (χ1v) is 7.02. The minimum atomic E-state index is 0.00676. The molecule has 2 unspecified atom stereocenters. The summed E-state index contributed by atoms with van der Waals surface area (Å²) in [5.74, 6) is 0.117. The zero-order valence-corrected chi connectivity index (χ0v) is 12.4. The van der Waals surface area contributed by atoms with Gasteiger partial charge in [0.05, 0.1) is 17.8 Å². The molecular formula is C13H21ClN4O. The third-order valence-corrected chi connectivity index (χ3v) is 3.93. The maximum absolute atomic E-state index is 12.6. The van der Waals surface area contributed by atoms with Gasteiger partial charge in [0.2, 0.25) is 0 Å². The lowest BCUT2D eigenvalue weighted by atomic mass is 9.95. The van der Waals surface area contributed by atoms with Gasteiger partial charge in [0.25, 0.3) is 0 Å². The third kappa shape index (κ3) is 3.16. The summed E-state index contributed by atoms with van der Waals surface area (Å²) in [5, 5.41) is 7.98. The summed E-state index contributed by atoms with van der Waals surface area (Å²) in [7, 11) is 3.99. The molecule has 2 atom stereocenters. The van der Waals surface area contributed by atoms with Gasteiger partial charge in [-0.05, 0) is 34.0 Å². The molecule has 1 fully saturated rings. The summed E-state index contributed by atoms with van der Waals surface area (Å²) in [5.41, 5.74) is 0.559. The Bertz CT molecular complexity index is 457. The summed E-state index contributed by atoms with van der Waals surface area (Å²) in [4.78, 5) is 14.7. The molecule has 0 spiro atoms. The van der Waals surface area contributed by atoms with E-state index in [1.165, 1.54) is 0 Å². The Labute approximate surface area is 118 Å². The third-order valence-electron chi connectivity index (χ3n) is 3.65. The van der Waals surface area contributed by atoms with Crippen LogP contribution in [-0.2, 0) is 6.54 Å². The molecule has 1 aliphatic rings. The lowest BCUT2D eigenvalue weighted by molar-refractivity contribution is 0.0902. The highest BCUT2D eigenvalue weighted by Gasteiger charge is 2.33. The Morgan fingerprint density at radius 2 is 2.37 bits per heavy atom. The summed E-state index contributed by atoms with van der Waals surface area (Å²) < 4.78 is 1.73. The summed E-state index contributed by atoms with van der Waals surface area (Å²) in [6, 6.07) is 0.209. The average Bonchev–Trinajstić information content (AvgIpc) is 2.92. The van der Waals surface area contributed by atoms with E-state index in [2.05, 4.69) is 15.3 Å².